The van der Waals surface area contributed by atoms with Gasteiger partial charge in [-0.1, -0.05) is 36.4 Å². The second-order valence-electron chi connectivity index (χ2n) is 5.62. The summed E-state index contributed by atoms with van der Waals surface area (Å²) in [7, 11) is 0. The number of rotatable bonds is 7. The lowest BCUT2D eigenvalue weighted by molar-refractivity contribution is -0.131. The number of aryl methyl sites for hydroxylation is 1. The molecule has 1 fully saturated rings. The number of benzene rings is 1. The van der Waals surface area contributed by atoms with Crippen LogP contribution in [-0.2, 0) is 20.7 Å². The van der Waals surface area contributed by atoms with Crippen LogP contribution in [0.3, 0.4) is 0 Å². The molecule has 1 amide bonds. The van der Waals surface area contributed by atoms with E-state index in [2.05, 4.69) is 0 Å². The van der Waals surface area contributed by atoms with Gasteiger partial charge in [-0.15, -0.1) is 0 Å². The summed E-state index contributed by atoms with van der Waals surface area (Å²) < 4.78 is 5.16. The first-order valence-corrected chi connectivity index (χ1v) is 7.31. The highest BCUT2D eigenvalue weighted by Crippen LogP contribution is 2.41. The Morgan fingerprint density at radius 3 is 2.55 bits per heavy atom. The molecule has 118 valence electrons. The van der Waals surface area contributed by atoms with Crippen molar-refractivity contribution in [2.75, 3.05) is 0 Å². The lowest BCUT2D eigenvalue weighted by atomic mass is 9.91. The molecular formula is C17H21NO4. The number of allylic oxidation sites excluding steroid dienone is 1. The van der Waals surface area contributed by atoms with Gasteiger partial charge in [0.2, 0.25) is 11.4 Å². The maximum absolute atomic E-state index is 12.4. The normalized spacial score (nSPS) is 25.6. The fourth-order valence-corrected chi connectivity index (χ4v) is 2.58. The van der Waals surface area contributed by atoms with E-state index >= 15 is 0 Å². The largest absolute Gasteiger partial charge is 0.391 e. The number of hydrogen-bond donors (Lipinski definition) is 2. The Labute approximate surface area is 129 Å². The lowest BCUT2D eigenvalue weighted by Crippen LogP contribution is -2.44. The maximum atomic E-state index is 12.4. The minimum atomic E-state index is -1.69. The number of nitrogens with two attached hydrogens (primary N) is 1. The number of hydrogen-bond acceptors (Lipinski definition) is 4. The molecule has 0 unspecified atom stereocenters. The third kappa shape index (κ3) is 3.10. The topological polar surface area (TPSA) is 92.9 Å². The average Bonchev–Trinajstić information content (AvgIpc) is 3.24. The summed E-state index contributed by atoms with van der Waals surface area (Å²) in [5, 5.41) is 9.53. The minimum Gasteiger partial charge on any atom is -0.391 e. The Balaban J connectivity index is 2.02. The zero-order chi connectivity index (χ0) is 16.3. The highest BCUT2D eigenvalue weighted by molar-refractivity contribution is 6.19. The van der Waals surface area contributed by atoms with Gasteiger partial charge in [0.05, 0.1) is 6.10 Å². The summed E-state index contributed by atoms with van der Waals surface area (Å²) in [6.07, 6.45) is 1.48. The van der Waals surface area contributed by atoms with Crippen molar-refractivity contribution >= 4 is 11.7 Å². The van der Waals surface area contributed by atoms with E-state index in [-0.39, 0.29) is 0 Å². The number of carbonyl (C=O) groups is 2. The molecule has 3 atom stereocenters. The van der Waals surface area contributed by atoms with Gasteiger partial charge in [-0.25, -0.2) is 0 Å². The van der Waals surface area contributed by atoms with E-state index in [1.165, 1.54) is 12.5 Å². The van der Waals surface area contributed by atoms with Gasteiger partial charge in [-0.3, -0.25) is 9.59 Å². The van der Waals surface area contributed by atoms with E-state index in [0.717, 1.165) is 6.42 Å². The molecule has 2 rings (SSSR count). The van der Waals surface area contributed by atoms with Crippen LogP contribution in [0.4, 0.5) is 0 Å². The van der Waals surface area contributed by atoms with Crippen LogP contribution in [-0.4, -0.2) is 34.6 Å². The van der Waals surface area contributed by atoms with Gasteiger partial charge in [0.15, 0.2) is 0 Å². The Hall–Kier alpha value is -1.98. The summed E-state index contributed by atoms with van der Waals surface area (Å²) in [5.74, 6) is -1.31. The minimum absolute atomic E-state index is 0.429. The number of primary amides is 1. The summed E-state index contributed by atoms with van der Waals surface area (Å²) >= 11 is 0. The van der Waals surface area contributed by atoms with E-state index < -0.39 is 29.5 Å². The number of carbonyl (C=O) groups excluding carboxylic acids is 2. The molecule has 5 nitrogen and oxygen atoms in total. The average molecular weight is 303 g/mol. The fourth-order valence-electron chi connectivity index (χ4n) is 2.58. The van der Waals surface area contributed by atoms with Gasteiger partial charge >= 0.3 is 0 Å². The summed E-state index contributed by atoms with van der Waals surface area (Å²) in [5.41, 5.74) is 5.21. The van der Waals surface area contributed by atoms with E-state index in [1.54, 1.807) is 13.0 Å². The van der Waals surface area contributed by atoms with Crippen LogP contribution in [0.1, 0.15) is 25.8 Å². The molecule has 5 heteroatoms. The van der Waals surface area contributed by atoms with Gasteiger partial charge in [-0.2, -0.15) is 0 Å². The highest BCUT2D eigenvalue weighted by Gasteiger charge is 2.69. The standard InChI is InChI=1S/C17H21NO4/c1-11(7-6-10-13-8-4-3-5-9-13)14(20)17(16(18)21)15(22-17)12(2)19/h3-5,7-9,12,15,19H,6,10H2,1-2H3,(H2,18,21)/b11-7+/t12-,15-,17-/m0/s1. The predicted molar refractivity (Wildman–Crippen MR) is 82.0 cm³/mol. The zero-order valence-corrected chi connectivity index (χ0v) is 12.8. The van der Waals surface area contributed by atoms with Crippen molar-refractivity contribution in [3.63, 3.8) is 0 Å². The molecule has 3 N–H and O–H groups in total. The first-order chi connectivity index (χ1) is 10.4. The predicted octanol–water partition coefficient (Wildman–Crippen LogP) is 1.14. The van der Waals surface area contributed by atoms with Gasteiger partial charge in [-0.05, 0) is 37.8 Å². The first-order valence-electron chi connectivity index (χ1n) is 7.31. The van der Waals surface area contributed by atoms with Crippen molar-refractivity contribution in [2.24, 2.45) is 5.73 Å². The lowest BCUT2D eigenvalue weighted by Gasteiger charge is -2.09. The zero-order valence-electron chi connectivity index (χ0n) is 12.8. The Kier molecular flexibility index (Phi) is 4.78. The van der Waals surface area contributed by atoms with Crippen LogP contribution in [0, 0.1) is 0 Å². The highest BCUT2D eigenvalue weighted by atomic mass is 16.6. The van der Waals surface area contributed by atoms with E-state index in [0.29, 0.717) is 12.0 Å². The number of Topliss-reactive ketones (excluding diaryl/α,β-unsaturated/α-hetero) is 1. The first kappa shape index (κ1) is 16.4. The van der Waals surface area contributed by atoms with Gasteiger partial charge in [0.1, 0.15) is 6.10 Å². The monoisotopic (exact) mass is 303 g/mol. The molecule has 0 aromatic heterocycles. The molecule has 0 saturated carbocycles. The maximum Gasteiger partial charge on any atom is 0.260 e. The number of epoxide rings is 1. The smallest absolute Gasteiger partial charge is 0.260 e. The molecular weight excluding hydrogens is 282 g/mol. The third-order valence-electron chi connectivity index (χ3n) is 3.88. The molecule has 1 aromatic rings. The summed E-state index contributed by atoms with van der Waals surface area (Å²) in [6.45, 7) is 3.11. The van der Waals surface area contributed by atoms with Crippen molar-refractivity contribution < 1.29 is 19.4 Å². The summed E-state index contributed by atoms with van der Waals surface area (Å²) in [4.78, 5) is 24.0. The van der Waals surface area contributed by atoms with Crippen molar-refractivity contribution in [2.45, 2.75) is 44.5 Å². The third-order valence-corrected chi connectivity index (χ3v) is 3.88. The number of ether oxygens (including phenoxy) is 1. The molecule has 0 bridgehead atoms. The van der Waals surface area contributed by atoms with E-state index in [1.807, 2.05) is 30.3 Å². The number of ketones is 1. The van der Waals surface area contributed by atoms with Crippen LogP contribution in [0.25, 0.3) is 0 Å². The quantitative estimate of drug-likeness (QED) is 0.449. The second kappa shape index (κ2) is 6.42. The Morgan fingerprint density at radius 2 is 2.05 bits per heavy atom. The molecule has 22 heavy (non-hydrogen) atoms. The molecule has 0 aliphatic carbocycles. The summed E-state index contributed by atoms with van der Waals surface area (Å²) in [6, 6.07) is 9.91. The van der Waals surface area contributed by atoms with E-state index in [9.17, 15) is 14.7 Å². The van der Waals surface area contributed by atoms with Crippen molar-refractivity contribution in [1.82, 2.24) is 0 Å². The van der Waals surface area contributed by atoms with Gasteiger partial charge in [0, 0.05) is 0 Å². The SMILES string of the molecule is C/C(=C\CCc1ccccc1)C(=O)[C@]1(C(N)=O)O[C@H]1[C@H](C)O. The molecule has 1 aliphatic heterocycles. The van der Waals surface area contributed by atoms with Crippen molar-refractivity contribution in [3.05, 3.63) is 47.5 Å². The second-order valence-corrected chi connectivity index (χ2v) is 5.62. The van der Waals surface area contributed by atoms with E-state index in [4.69, 9.17) is 10.5 Å². The van der Waals surface area contributed by atoms with Crippen LogP contribution < -0.4 is 5.73 Å². The molecule has 0 radical (unpaired) electrons. The van der Waals surface area contributed by atoms with Crippen molar-refractivity contribution in [1.29, 1.82) is 0 Å². The molecule has 1 aromatic carbocycles. The molecule has 0 spiro atoms. The molecule has 1 saturated heterocycles. The Morgan fingerprint density at radius 1 is 1.41 bits per heavy atom. The molecule has 1 aliphatic rings. The number of aliphatic hydroxyl groups is 1. The fraction of sp³-hybridized carbons (Fsp3) is 0.412. The van der Waals surface area contributed by atoms with Crippen LogP contribution >= 0.6 is 0 Å². The molecule has 1 heterocycles. The Bertz CT molecular complexity index is 594. The van der Waals surface area contributed by atoms with Gasteiger partial charge in [0.25, 0.3) is 5.91 Å². The number of aliphatic hydroxyl groups excluding tert-OH is 1. The van der Waals surface area contributed by atoms with Crippen molar-refractivity contribution in [3.8, 4) is 0 Å². The van der Waals surface area contributed by atoms with Crippen LogP contribution in [0.2, 0.25) is 0 Å². The number of amides is 1. The van der Waals surface area contributed by atoms with Crippen LogP contribution in [0.5, 0.6) is 0 Å². The van der Waals surface area contributed by atoms with Gasteiger partial charge < -0.3 is 15.6 Å². The van der Waals surface area contributed by atoms with Crippen LogP contribution in [0.15, 0.2) is 42.0 Å².